The second kappa shape index (κ2) is 6.20. The third-order valence-corrected chi connectivity index (χ3v) is 7.13. The van der Waals surface area contributed by atoms with E-state index in [2.05, 4.69) is 9.97 Å². The zero-order valence-electron chi connectivity index (χ0n) is 13.5. The number of benzene rings is 1. The number of rotatable bonds is 3. The molecular weight excluding hydrogens is 340 g/mol. The van der Waals surface area contributed by atoms with Crippen molar-refractivity contribution >= 4 is 15.9 Å². The van der Waals surface area contributed by atoms with Crippen molar-refractivity contribution in [3.05, 3.63) is 60.2 Å². The summed E-state index contributed by atoms with van der Waals surface area (Å²) >= 11 is 0. The SMILES string of the molecule is O=C(c1cnccn1)N1C[C@H]2CN(Cc3ccccc3)S(=O)(=O)[C@H]2C1. The maximum Gasteiger partial charge on any atom is 0.274 e. The van der Waals surface area contributed by atoms with Gasteiger partial charge in [0.15, 0.2) is 0 Å². The van der Waals surface area contributed by atoms with Gasteiger partial charge in [-0.15, -0.1) is 0 Å². The molecule has 4 rings (SSSR count). The molecule has 2 aliphatic rings. The van der Waals surface area contributed by atoms with Crippen molar-refractivity contribution in [3.63, 3.8) is 0 Å². The first kappa shape index (κ1) is 16.2. The molecule has 0 aliphatic carbocycles. The van der Waals surface area contributed by atoms with Crippen molar-refractivity contribution in [1.82, 2.24) is 19.2 Å². The van der Waals surface area contributed by atoms with Gasteiger partial charge in [-0.05, 0) is 5.56 Å². The van der Waals surface area contributed by atoms with Crippen LogP contribution in [-0.4, -0.2) is 58.4 Å². The second-order valence-electron chi connectivity index (χ2n) is 6.42. The van der Waals surface area contributed by atoms with Crippen LogP contribution in [0.3, 0.4) is 0 Å². The minimum atomic E-state index is -3.41. The normalized spacial score (nSPS) is 25.0. The van der Waals surface area contributed by atoms with Crippen molar-refractivity contribution < 1.29 is 13.2 Å². The van der Waals surface area contributed by atoms with E-state index in [1.54, 1.807) is 9.21 Å². The van der Waals surface area contributed by atoms with Crippen LogP contribution in [-0.2, 0) is 16.6 Å². The van der Waals surface area contributed by atoms with E-state index in [1.165, 1.54) is 18.6 Å². The highest BCUT2D eigenvalue weighted by atomic mass is 32.2. The number of sulfonamides is 1. The van der Waals surface area contributed by atoms with Gasteiger partial charge in [0.2, 0.25) is 10.0 Å². The lowest BCUT2D eigenvalue weighted by molar-refractivity contribution is 0.0778. The molecule has 25 heavy (non-hydrogen) atoms. The molecule has 7 nitrogen and oxygen atoms in total. The molecule has 0 radical (unpaired) electrons. The van der Waals surface area contributed by atoms with Gasteiger partial charge in [0.25, 0.3) is 5.91 Å². The summed E-state index contributed by atoms with van der Waals surface area (Å²) in [7, 11) is -3.41. The molecule has 0 spiro atoms. The minimum Gasteiger partial charge on any atom is -0.336 e. The van der Waals surface area contributed by atoms with E-state index in [4.69, 9.17) is 0 Å². The fourth-order valence-electron chi connectivity index (χ4n) is 3.59. The highest BCUT2D eigenvalue weighted by Gasteiger charge is 2.52. The quantitative estimate of drug-likeness (QED) is 0.809. The monoisotopic (exact) mass is 358 g/mol. The predicted molar refractivity (Wildman–Crippen MR) is 91.0 cm³/mol. The summed E-state index contributed by atoms with van der Waals surface area (Å²) in [4.78, 5) is 22.0. The Morgan fingerprint density at radius 3 is 2.60 bits per heavy atom. The molecule has 0 N–H and O–H groups in total. The number of aromatic nitrogens is 2. The van der Waals surface area contributed by atoms with Crippen LogP contribution < -0.4 is 0 Å². The number of amides is 1. The Hall–Kier alpha value is -2.32. The number of hydrogen-bond donors (Lipinski definition) is 0. The van der Waals surface area contributed by atoms with E-state index in [0.717, 1.165) is 5.56 Å². The van der Waals surface area contributed by atoms with E-state index in [0.29, 0.717) is 19.6 Å². The Labute approximate surface area is 146 Å². The molecule has 1 amide bonds. The van der Waals surface area contributed by atoms with Crippen molar-refractivity contribution in [2.45, 2.75) is 11.8 Å². The molecule has 3 heterocycles. The Balaban J connectivity index is 1.49. The van der Waals surface area contributed by atoms with Crippen LogP contribution in [0.4, 0.5) is 0 Å². The lowest BCUT2D eigenvalue weighted by Crippen LogP contribution is -2.37. The molecule has 2 aromatic rings. The second-order valence-corrected chi connectivity index (χ2v) is 8.57. The van der Waals surface area contributed by atoms with Crippen molar-refractivity contribution in [2.75, 3.05) is 19.6 Å². The number of nitrogens with zero attached hydrogens (tertiary/aromatic N) is 4. The van der Waals surface area contributed by atoms with Crippen LogP contribution in [0.25, 0.3) is 0 Å². The first-order chi connectivity index (χ1) is 12.1. The lowest BCUT2D eigenvalue weighted by Gasteiger charge is -2.21. The predicted octanol–water partition coefficient (Wildman–Crippen LogP) is 0.763. The van der Waals surface area contributed by atoms with Gasteiger partial charge in [-0.2, -0.15) is 4.31 Å². The summed E-state index contributed by atoms with van der Waals surface area (Å²) in [6.07, 6.45) is 4.37. The maximum atomic E-state index is 12.8. The zero-order chi connectivity index (χ0) is 17.4. The van der Waals surface area contributed by atoms with Gasteiger partial charge in [-0.3, -0.25) is 9.78 Å². The largest absolute Gasteiger partial charge is 0.336 e. The Kier molecular flexibility index (Phi) is 4.01. The molecular formula is C17H18N4O3S. The number of hydrogen-bond acceptors (Lipinski definition) is 5. The summed E-state index contributed by atoms with van der Waals surface area (Å²) in [6, 6.07) is 9.56. The molecule has 0 saturated carbocycles. The van der Waals surface area contributed by atoms with Gasteiger partial charge >= 0.3 is 0 Å². The number of carbonyl (C=O) groups is 1. The lowest BCUT2D eigenvalue weighted by atomic mass is 10.1. The van der Waals surface area contributed by atoms with Crippen LogP contribution >= 0.6 is 0 Å². The third-order valence-electron chi connectivity index (χ3n) is 4.83. The highest BCUT2D eigenvalue weighted by Crippen LogP contribution is 2.35. The molecule has 2 saturated heterocycles. The van der Waals surface area contributed by atoms with E-state index < -0.39 is 15.3 Å². The molecule has 0 bridgehead atoms. The van der Waals surface area contributed by atoms with Crippen LogP contribution in [0.15, 0.2) is 48.9 Å². The van der Waals surface area contributed by atoms with Crippen molar-refractivity contribution in [1.29, 1.82) is 0 Å². The molecule has 2 fully saturated rings. The fraction of sp³-hybridized carbons (Fsp3) is 0.353. The molecule has 8 heteroatoms. The first-order valence-electron chi connectivity index (χ1n) is 8.14. The standard InChI is InChI=1S/C17H18N4O3S/c22-17(15-8-18-6-7-19-15)20-10-14-11-21(25(23,24)16(14)12-20)9-13-4-2-1-3-5-13/h1-8,14,16H,9-12H2/t14-,16-/m0/s1. The van der Waals surface area contributed by atoms with E-state index in [1.807, 2.05) is 30.3 Å². The van der Waals surface area contributed by atoms with Crippen molar-refractivity contribution in [2.24, 2.45) is 5.92 Å². The average Bonchev–Trinajstić information content (AvgIpc) is 3.15. The fourth-order valence-corrected chi connectivity index (χ4v) is 5.73. The van der Waals surface area contributed by atoms with Gasteiger partial charge in [-0.25, -0.2) is 13.4 Å². The van der Waals surface area contributed by atoms with E-state index in [-0.39, 0.29) is 24.1 Å². The summed E-state index contributed by atoms with van der Waals surface area (Å²) in [5, 5.41) is -0.531. The number of carbonyl (C=O) groups excluding carboxylic acids is 1. The molecule has 1 aromatic carbocycles. The minimum absolute atomic E-state index is 0.0608. The van der Waals surface area contributed by atoms with Gasteiger partial charge in [0.05, 0.1) is 11.4 Å². The third kappa shape index (κ3) is 2.91. The maximum absolute atomic E-state index is 12.8. The smallest absolute Gasteiger partial charge is 0.274 e. The van der Waals surface area contributed by atoms with Gasteiger partial charge < -0.3 is 4.90 Å². The highest BCUT2D eigenvalue weighted by molar-refractivity contribution is 7.90. The Morgan fingerprint density at radius 2 is 1.92 bits per heavy atom. The molecule has 1 aromatic heterocycles. The van der Waals surface area contributed by atoms with E-state index in [9.17, 15) is 13.2 Å². The molecule has 2 aliphatic heterocycles. The topological polar surface area (TPSA) is 83.5 Å². The molecule has 2 atom stereocenters. The zero-order valence-corrected chi connectivity index (χ0v) is 14.3. The van der Waals surface area contributed by atoms with Crippen LogP contribution in [0.5, 0.6) is 0 Å². The molecule has 0 unspecified atom stereocenters. The van der Waals surface area contributed by atoms with Crippen molar-refractivity contribution in [3.8, 4) is 0 Å². The van der Waals surface area contributed by atoms with E-state index >= 15 is 0 Å². The average molecular weight is 358 g/mol. The Morgan fingerprint density at radius 1 is 1.12 bits per heavy atom. The summed E-state index contributed by atoms with van der Waals surface area (Å²) in [5.74, 6) is -0.318. The first-order valence-corrected chi connectivity index (χ1v) is 9.64. The van der Waals surface area contributed by atoms with Gasteiger partial charge in [0.1, 0.15) is 5.69 Å². The van der Waals surface area contributed by atoms with Crippen LogP contribution in [0.1, 0.15) is 16.1 Å². The molecule has 130 valence electrons. The number of fused-ring (bicyclic) bond motifs is 1. The van der Waals surface area contributed by atoms with Crippen LogP contribution in [0.2, 0.25) is 0 Å². The van der Waals surface area contributed by atoms with Gasteiger partial charge in [-0.1, -0.05) is 30.3 Å². The number of likely N-dealkylation sites (tertiary alicyclic amines) is 1. The summed E-state index contributed by atoms with van der Waals surface area (Å²) in [6.45, 7) is 1.48. The summed E-state index contributed by atoms with van der Waals surface area (Å²) in [5.41, 5.74) is 1.22. The summed E-state index contributed by atoms with van der Waals surface area (Å²) < 4.78 is 27.2. The van der Waals surface area contributed by atoms with Crippen LogP contribution in [0, 0.1) is 5.92 Å². The Bertz CT molecular complexity index is 873. The van der Waals surface area contributed by atoms with Gasteiger partial charge in [0, 0.05) is 44.5 Å².